The van der Waals surface area contributed by atoms with Gasteiger partial charge >= 0.3 is 0 Å². The molecule has 1 aliphatic rings. The van der Waals surface area contributed by atoms with Crippen LogP contribution >= 0.6 is 11.8 Å². The number of benzene rings is 2. The molecule has 0 saturated carbocycles. The second-order valence-electron chi connectivity index (χ2n) is 7.61. The summed E-state index contributed by atoms with van der Waals surface area (Å²) in [5.74, 6) is 2.39. The highest BCUT2D eigenvalue weighted by atomic mass is 32.2. The van der Waals surface area contributed by atoms with Crippen molar-refractivity contribution in [1.82, 2.24) is 14.8 Å². The van der Waals surface area contributed by atoms with Gasteiger partial charge in [0.25, 0.3) is 0 Å². The molecule has 0 atom stereocenters. The Morgan fingerprint density at radius 3 is 2.61 bits per heavy atom. The number of hydrogen-bond acceptors (Lipinski definition) is 6. The third kappa shape index (κ3) is 4.54. The van der Waals surface area contributed by atoms with Gasteiger partial charge in [0, 0.05) is 24.7 Å². The molecule has 0 unspecified atom stereocenters. The maximum Gasteiger partial charge on any atom is 0.234 e. The molecule has 0 fully saturated rings. The van der Waals surface area contributed by atoms with E-state index in [1.807, 2.05) is 62.7 Å². The van der Waals surface area contributed by atoms with Crippen molar-refractivity contribution in [3.63, 3.8) is 0 Å². The lowest BCUT2D eigenvalue weighted by atomic mass is 10.1. The zero-order chi connectivity index (χ0) is 22.0. The van der Waals surface area contributed by atoms with Crippen LogP contribution in [-0.2, 0) is 11.8 Å². The van der Waals surface area contributed by atoms with Crippen LogP contribution in [0.25, 0.3) is 11.4 Å². The molecule has 7 nitrogen and oxygen atoms in total. The number of nitrogens with zero attached hydrogens (tertiary/aromatic N) is 3. The Labute approximate surface area is 186 Å². The lowest BCUT2D eigenvalue weighted by Crippen LogP contribution is -2.15. The van der Waals surface area contributed by atoms with Crippen LogP contribution in [0.3, 0.4) is 0 Å². The second-order valence-corrected chi connectivity index (χ2v) is 8.56. The number of rotatable bonds is 5. The van der Waals surface area contributed by atoms with Crippen LogP contribution in [0.15, 0.2) is 35.5 Å². The number of anilines is 1. The van der Waals surface area contributed by atoms with E-state index in [0.29, 0.717) is 18.4 Å². The van der Waals surface area contributed by atoms with Crippen LogP contribution in [-0.4, -0.2) is 39.6 Å². The molecular formula is C23H26N4O3S. The molecule has 1 aromatic heterocycles. The van der Waals surface area contributed by atoms with Gasteiger partial charge in [0.05, 0.1) is 19.0 Å². The summed E-state index contributed by atoms with van der Waals surface area (Å²) < 4.78 is 13.5. The van der Waals surface area contributed by atoms with Gasteiger partial charge in [0.1, 0.15) is 0 Å². The third-order valence-corrected chi connectivity index (χ3v) is 6.40. The predicted molar refractivity (Wildman–Crippen MR) is 122 cm³/mol. The quantitative estimate of drug-likeness (QED) is 0.599. The van der Waals surface area contributed by atoms with Gasteiger partial charge in [-0.3, -0.25) is 4.79 Å². The maximum absolute atomic E-state index is 12.5. The molecule has 1 N–H and O–H groups in total. The Hall–Kier alpha value is -3.00. The van der Waals surface area contributed by atoms with Gasteiger partial charge in [-0.05, 0) is 55.7 Å². The lowest BCUT2D eigenvalue weighted by molar-refractivity contribution is -0.113. The topological polar surface area (TPSA) is 78.3 Å². The van der Waals surface area contributed by atoms with Crippen molar-refractivity contribution in [2.24, 2.45) is 7.05 Å². The normalized spacial score (nSPS) is 13.0. The van der Waals surface area contributed by atoms with Crippen molar-refractivity contribution in [3.05, 3.63) is 47.0 Å². The molecule has 162 valence electrons. The summed E-state index contributed by atoms with van der Waals surface area (Å²) in [6.45, 7) is 7.34. The molecule has 0 bridgehead atoms. The number of hydrogen-bond donors (Lipinski definition) is 1. The fourth-order valence-electron chi connectivity index (χ4n) is 3.43. The summed E-state index contributed by atoms with van der Waals surface area (Å²) in [7, 11) is 1.91. The first kappa shape index (κ1) is 21.2. The Bertz CT molecular complexity index is 1130. The molecule has 4 rings (SSSR count). The lowest BCUT2D eigenvalue weighted by Gasteiger charge is -2.12. The van der Waals surface area contributed by atoms with Crippen LogP contribution in [0.1, 0.15) is 23.1 Å². The Balaban J connectivity index is 1.48. The minimum atomic E-state index is -0.0741. The Kier molecular flexibility index (Phi) is 6.18. The molecule has 0 aliphatic carbocycles. The highest BCUT2D eigenvalue weighted by Crippen LogP contribution is 2.37. The average molecular weight is 439 g/mol. The number of carbonyl (C=O) groups excluding carboxylic acids is 1. The number of fused-ring (bicyclic) bond motifs is 1. The number of nitrogens with one attached hydrogen (secondary N) is 1. The van der Waals surface area contributed by atoms with Crippen molar-refractivity contribution >= 4 is 23.4 Å². The molecule has 2 aromatic carbocycles. The van der Waals surface area contributed by atoms with Gasteiger partial charge in [0.15, 0.2) is 22.5 Å². The van der Waals surface area contributed by atoms with Crippen molar-refractivity contribution < 1.29 is 14.3 Å². The van der Waals surface area contributed by atoms with Crippen LogP contribution in [0.2, 0.25) is 0 Å². The average Bonchev–Trinajstić information content (AvgIpc) is 2.95. The van der Waals surface area contributed by atoms with Crippen LogP contribution in [0.5, 0.6) is 11.5 Å². The number of amides is 1. The van der Waals surface area contributed by atoms with E-state index in [1.54, 1.807) is 0 Å². The molecule has 8 heteroatoms. The molecule has 0 saturated heterocycles. The molecule has 1 amide bonds. The smallest absolute Gasteiger partial charge is 0.234 e. The maximum atomic E-state index is 12.5. The summed E-state index contributed by atoms with van der Waals surface area (Å²) in [5.41, 5.74) is 5.03. The zero-order valence-corrected chi connectivity index (χ0v) is 19.0. The number of aryl methyl sites for hydroxylation is 2. The summed E-state index contributed by atoms with van der Waals surface area (Å²) in [6.07, 6.45) is 0.859. The molecule has 3 aromatic rings. The van der Waals surface area contributed by atoms with Crippen molar-refractivity contribution in [1.29, 1.82) is 0 Å². The highest BCUT2D eigenvalue weighted by Gasteiger charge is 2.19. The number of aromatic nitrogens is 3. The second kappa shape index (κ2) is 9.01. The largest absolute Gasteiger partial charge is 0.490 e. The third-order valence-electron chi connectivity index (χ3n) is 5.38. The first-order valence-electron chi connectivity index (χ1n) is 10.2. The van der Waals surface area contributed by atoms with Crippen LogP contribution in [0.4, 0.5) is 5.69 Å². The van der Waals surface area contributed by atoms with Gasteiger partial charge in [-0.25, -0.2) is 0 Å². The SMILES string of the molecule is Cc1cc2c(cc1-c1nnc(SCC(=O)Nc3cccc(C)c3C)n1C)OCCCO2. The molecule has 2 heterocycles. The van der Waals surface area contributed by atoms with Gasteiger partial charge < -0.3 is 19.4 Å². The van der Waals surface area contributed by atoms with E-state index in [0.717, 1.165) is 51.7 Å². The van der Waals surface area contributed by atoms with Crippen molar-refractivity contribution in [3.8, 4) is 22.9 Å². The van der Waals surface area contributed by atoms with Crippen molar-refractivity contribution in [2.45, 2.75) is 32.3 Å². The van der Waals surface area contributed by atoms with Gasteiger partial charge in [-0.15, -0.1) is 10.2 Å². The van der Waals surface area contributed by atoms with Gasteiger partial charge in [-0.1, -0.05) is 23.9 Å². The Morgan fingerprint density at radius 1 is 1.10 bits per heavy atom. The van der Waals surface area contributed by atoms with Gasteiger partial charge in [0.2, 0.25) is 5.91 Å². The molecular weight excluding hydrogens is 412 g/mol. The van der Waals surface area contributed by atoms with E-state index < -0.39 is 0 Å². The van der Waals surface area contributed by atoms with E-state index in [4.69, 9.17) is 9.47 Å². The number of ether oxygens (including phenoxy) is 2. The van der Waals surface area contributed by atoms with E-state index in [-0.39, 0.29) is 11.7 Å². The monoisotopic (exact) mass is 438 g/mol. The molecule has 1 aliphatic heterocycles. The van der Waals surface area contributed by atoms with Crippen LogP contribution < -0.4 is 14.8 Å². The highest BCUT2D eigenvalue weighted by molar-refractivity contribution is 7.99. The van der Waals surface area contributed by atoms with E-state index in [1.165, 1.54) is 11.8 Å². The Morgan fingerprint density at radius 2 is 1.84 bits per heavy atom. The fraction of sp³-hybridized carbons (Fsp3) is 0.348. The van der Waals surface area contributed by atoms with E-state index in [9.17, 15) is 4.79 Å². The number of carbonyl (C=O) groups is 1. The minimum absolute atomic E-state index is 0.0741. The first-order valence-corrected chi connectivity index (χ1v) is 11.2. The molecule has 0 spiro atoms. The molecule has 0 radical (unpaired) electrons. The predicted octanol–water partition coefficient (Wildman–Crippen LogP) is 4.30. The minimum Gasteiger partial charge on any atom is -0.490 e. The van der Waals surface area contributed by atoms with Gasteiger partial charge in [-0.2, -0.15) is 0 Å². The van der Waals surface area contributed by atoms with E-state index in [2.05, 4.69) is 15.5 Å². The standard InChI is InChI=1S/C23H26N4O3S/c1-14-7-5-8-18(16(14)3)24-21(28)13-31-23-26-25-22(27(23)4)17-12-20-19(11-15(17)2)29-9-6-10-30-20/h5,7-8,11-12H,6,9-10,13H2,1-4H3,(H,24,28). The van der Waals surface area contributed by atoms with E-state index >= 15 is 0 Å². The van der Waals surface area contributed by atoms with Crippen molar-refractivity contribution in [2.75, 3.05) is 24.3 Å². The fourth-order valence-corrected chi connectivity index (χ4v) is 4.14. The summed E-state index contributed by atoms with van der Waals surface area (Å²) >= 11 is 1.36. The summed E-state index contributed by atoms with van der Waals surface area (Å²) in [5, 5.41) is 12.3. The first-order chi connectivity index (χ1) is 14.9. The number of thioether (sulfide) groups is 1. The molecule has 31 heavy (non-hydrogen) atoms. The zero-order valence-electron chi connectivity index (χ0n) is 18.2. The summed E-state index contributed by atoms with van der Waals surface area (Å²) in [4.78, 5) is 12.5. The summed E-state index contributed by atoms with van der Waals surface area (Å²) in [6, 6.07) is 9.83. The van der Waals surface area contributed by atoms with Crippen LogP contribution in [0, 0.1) is 20.8 Å².